The first-order valence-electron chi connectivity index (χ1n) is 8.99. The molecular weight excluding hydrogens is 363 g/mol. The number of hydrogen-bond acceptors (Lipinski definition) is 4. The number of carbonyl (C=O) groups excluding carboxylic acids is 1. The molecule has 0 radical (unpaired) electrons. The Balaban J connectivity index is 1.79. The highest BCUT2D eigenvalue weighted by molar-refractivity contribution is 6.09. The van der Waals surface area contributed by atoms with Gasteiger partial charge in [-0.1, -0.05) is 18.2 Å². The van der Waals surface area contributed by atoms with Crippen molar-refractivity contribution in [2.24, 2.45) is 5.73 Å². The summed E-state index contributed by atoms with van der Waals surface area (Å²) in [5.41, 5.74) is 7.13. The number of halogens is 1. The van der Waals surface area contributed by atoms with Crippen LogP contribution in [0.1, 0.15) is 19.3 Å². The second-order valence-corrected chi connectivity index (χ2v) is 6.43. The summed E-state index contributed by atoms with van der Waals surface area (Å²) in [5, 5.41) is 11.6. The van der Waals surface area contributed by atoms with E-state index in [2.05, 4.69) is 5.32 Å². The van der Waals surface area contributed by atoms with Crippen molar-refractivity contribution < 1.29 is 23.8 Å². The van der Waals surface area contributed by atoms with Crippen molar-refractivity contribution >= 4 is 17.6 Å². The van der Waals surface area contributed by atoms with E-state index in [4.69, 9.17) is 15.6 Å². The van der Waals surface area contributed by atoms with Crippen LogP contribution in [0.4, 0.5) is 10.1 Å². The molecule has 146 valence electrons. The normalized spacial score (nSPS) is 13.5. The van der Waals surface area contributed by atoms with Crippen LogP contribution in [0.2, 0.25) is 0 Å². The lowest BCUT2D eigenvalue weighted by Gasteiger charge is -2.11. The predicted octanol–water partition coefficient (Wildman–Crippen LogP) is 3.33. The summed E-state index contributed by atoms with van der Waals surface area (Å²) in [6, 6.07) is 11.7. The molecular formula is C21H21FN2O4. The maximum absolute atomic E-state index is 14.5. The Hall–Kier alpha value is -3.19. The fraction of sp³-hybridized carbons (Fsp3) is 0.238. The Labute approximate surface area is 161 Å². The summed E-state index contributed by atoms with van der Waals surface area (Å²) in [6.45, 7) is 0.782. The molecule has 28 heavy (non-hydrogen) atoms. The zero-order valence-electron chi connectivity index (χ0n) is 15.2. The van der Waals surface area contributed by atoms with Crippen LogP contribution in [0.3, 0.4) is 0 Å². The van der Waals surface area contributed by atoms with Crippen molar-refractivity contribution in [1.29, 1.82) is 0 Å². The molecule has 0 heterocycles. The van der Waals surface area contributed by atoms with Gasteiger partial charge in [-0.3, -0.25) is 4.79 Å². The van der Waals surface area contributed by atoms with Crippen molar-refractivity contribution in [2.45, 2.75) is 19.3 Å². The predicted molar refractivity (Wildman–Crippen MR) is 104 cm³/mol. The molecule has 1 amide bonds. The maximum atomic E-state index is 14.5. The number of carbonyl (C=O) groups is 2. The molecule has 0 spiro atoms. The molecule has 2 aromatic rings. The fourth-order valence-corrected chi connectivity index (χ4v) is 3.17. The monoisotopic (exact) mass is 384 g/mol. The van der Waals surface area contributed by atoms with Crippen molar-refractivity contribution in [3.05, 3.63) is 59.4 Å². The SMILES string of the molecule is NCCOc1cccc(-c2ccc(NC(=O)C3=C(C(=O)O)CCC3)c(F)c2)c1. The summed E-state index contributed by atoms with van der Waals surface area (Å²) in [6.07, 6.45) is 1.33. The van der Waals surface area contributed by atoms with E-state index in [0.717, 1.165) is 5.56 Å². The Morgan fingerprint density at radius 1 is 1.11 bits per heavy atom. The summed E-state index contributed by atoms with van der Waals surface area (Å²) < 4.78 is 20.0. The molecule has 2 aromatic carbocycles. The molecule has 0 bridgehead atoms. The van der Waals surface area contributed by atoms with Crippen LogP contribution in [0.5, 0.6) is 5.75 Å². The van der Waals surface area contributed by atoms with Gasteiger partial charge < -0.3 is 20.9 Å². The standard InChI is InChI=1S/C21H21FN2O4/c22-18-12-14(13-3-1-4-15(11-13)28-10-9-23)7-8-19(18)24-20(25)16-5-2-6-17(16)21(26)27/h1,3-4,7-8,11-12H,2,5-6,9-10,23H2,(H,24,25)(H,26,27). The Bertz CT molecular complexity index is 940. The van der Waals surface area contributed by atoms with Crippen molar-refractivity contribution in [3.63, 3.8) is 0 Å². The van der Waals surface area contributed by atoms with Gasteiger partial charge in [-0.05, 0) is 54.7 Å². The average Bonchev–Trinajstić information content (AvgIpc) is 3.18. The lowest BCUT2D eigenvalue weighted by atomic mass is 10.0. The highest BCUT2D eigenvalue weighted by atomic mass is 19.1. The van der Waals surface area contributed by atoms with Gasteiger partial charge in [0.2, 0.25) is 0 Å². The van der Waals surface area contributed by atoms with E-state index in [9.17, 15) is 14.0 Å². The van der Waals surface area contributed by atoms with Crippen molar-refractivity contribution in [3.8, 4) is 16.9 Å². The van der Waals surface area contributed by atoms with E-state index in [1.807, 2.05) is 6.07 Å². The minimum Gasteiger partial charge on any atom is -0.492 e. The molecule has 3 rings (SSSR count). The lowest BCUT2D eigenvalue weighted by Crippen LogP contribution is -2.17. The number of aliphatic carboxylic acids is 1. The zero-order chi connectivity index (χ0) is 20.1. The number of anilines is 1. The van der Waals surface area contributed by atoms with Gasteiger partial charge in [0, 0.05) is 17.7 Å². The number of ether oxygens (including phenoxy) is 1. The summed E-state index contributed by atoms with van der Waals surface area (Å²) in [4.78, 5) is 23.6. The van der Waals surface area contributed by atoms with Gasteiger partial charge in [0.1, 0.15) is 18.2 Å². The number of carboxylic acid groups (broad SMARTS) is 1. The van der Waals surface area contributed by atoms with Crippen LogP contribution >= 0.6 is 0 Å². The van der Waals surface area contributed by atoms with E-state index < -0.39 is 17.7 Å². The minimum atomic E-state index is -1.10. The molecule has 0 fully saturated rings. The summed E-state index contributed by atoms with van der Waals surface area (Å²) >= 11 is 0. The number of nitrogens with two attached hydrogens (primary N) is 1. The highest BCUT2D eigenvalue weighted by Crippen LogP contribution is 2.30. The number of amides is 1. The molecule has 4 N–H and O–H groups in total. The molecule has 7 heteroatoms. The van der Waals surface area contributed by atoms with Crippen molar-refractivity contribution in [1.82, 2.24) is 0 Å². The van der Waals surface area contributed by atoms with Gasteiger partial charge in [0.05, 0.1) is 5.69 Å². The Kier molecular flexibility index (Phi) is 6.06. The molecule has 1 aliphatic rings. The van der Waals surface area contributed by atoms with E-state index in [1.165, 1.54) is 12.1 Å². The molecule has 0 aliphatic heterocycles. The second kappa shape index (κ2) is 8.67. The minimum absolute atomic E-state index is 0.00780. The van der Waals surface area contributed by atoms with Gasteiger partial charge in [-0.15, -0.1) is 0 Å². The van der Waals surface area contributed by atoms with Crippen LogP contribution in [-0.4, -0.2) is 30.1 Å². The van der Waals surface area contributed by atoms with Gasteiger partial charge in [-0.25, -0.2) is 9.18 Å². The van der Waals surface area contributed by atoms with Gasteiger partial charge in [0.25, 0.3) is 5.91 Å². The van der Waals surface area contributed by atoms with Gasteiger partial charge >= 0.3 is 5.97 Å². The molecule has 6 nitrogen and oxygen atoms in total. The molecule has 0 saturated heterocycles. The third-order valence-corrected chi connectivity index (χ3v) is 4.52. The first-order chi connectivity index (χ1) is 13.5. The molecule has 0 atom stereocenters. The molecule has 1 aliphatic carbocycles. The lowest BCUT2D eigenvalue weighted by molar-refractivity contribution is -0.133. The molecule has 0 saturated carbocycles. The number of hydrogen-bond donors (Lipinski definition) is 3. The first-order valence-corrected chi connectivity index (χ1v) is 8.99. The topological polar surface area (TPSA) is 102 Å². The second-order valence-electron chi connectivity index (χ2n) is 6.43. The van der Waals surface area contributed by atoms with Crippen molar-refractivity contribution in [2.75, 3.05) is 18.5 Å². The van der Waals surface area contributed by atoms with Crippen LogP contribution in [0.15, 0.2) is 53.6 Å². The summed E-state index contributed by atoms with van der Waals surface area (Å²) in [5.74, 6) is -1.64. The zero-order valence-corrected chi connectivity index (χ0v) is 15.2. The fourth-order valence-electron chi connectivity index (χ4n) is 3.17. The number of benzene rings is 2. The number of carboxylic acids is 1. The smallest absolute Gasteiger partial charge is 0.332 e. The maximum Gasteiger partial charge on any atom is 0.332 e. The van der Waals surface area contributed by atoms with Crippen LogP contribution < -0.4 is 15.8 Å². The van der Waals surface area contributed by atoms with E-state index >= 15 is 0 Å². The number of rotatable bonds is 7. The summed E-state index contributed by atoms with van der Waals surface area (Å²) in [7, 11) is 0. The van der Waals surface area contributed by atoms with Gasteiger partial charge in [-0.2, -0.15) is 0 Å². The average molecular weight is 384 g/mol. The Morgan fingerprint density at radius 3 is 2.57 bits per heavy atom. The van der Waals surface area contributed by atoms with Crippen LogP contribution in [0.25, 0.3) is 11.1 Å². The molecule has 0 aromatic heterocycles. The van der Waals surface area contributed by atoms with Gasteiger partial charge in [0.15, 0.2) is 0 Å². The van der Waals surface area contributed by atoms with E-state index in [-0.39, 0.29) is 16.8 Å². The van der Waals surface area contributed by atoms with E-state index in [0.29, 0.717) is 43.7 Å². The molecule has 0 unspecified atom stereocenters. The quantitative estimate of drug-likeness (QED) is 0.680. The first kappa shape index (κ1) is 19.6. The third kappa shape index (κ3) is 4.37. The third-order valence-electron chi connectivity index (χ3n) is 4.52. The van der Waals surface area contributed by atoms with E-state index in [1.54, 1.807) is 24.3 Å². The van der Waals surface area contributed by atoms with Crippen LogP contribution in [0, 0.1) is 5.82 Å². The number of nitrogens with one attached hydrogen (secondary N) is 1. The van der Waals surface area contributed by atoms with Crippen LogP contribution in [-0.2, 0) is 9.59 Å². The Morgan fingerprint density at radius 2 is 1.86 bits per heavy atom. The highest BCUT2D eigenvalue weighted by Gasteiger charge is 2.25. The largest absolute Gasteiger partial charge is 0.492 e.